The van der Waals surface area contributed by atoms with Crippen LogP contribution in [0.5, 0.6) is 11.5 Å². The first kappa shape index (κ1) is 16.9. The molecule has 3 rings (SSSR count). The Labute approximate surface area is 135 Å². The number of para-hydroxylation sites is 2. The van der Waals surface area contributed by atoms with Gasteiger partial charge in [0.05, 0.1) is 6.54 Å². The number of rotatable bonds is 2. The van der Waals surface area contributed by atoms with Gasteiger partial charge in [0.2, 0.25) is 0 Å². The van der Waals surface area contributed by atoms with Gasteiger partial charge in [-0.1, -0.05) is 0 Å². The number of carbonyl (C=O) groups is 1. The van der Waals surface area contributed by atoms with Crippen LogP contribution < -0.4 is 19.2 Å². The van der Waals surface area contributed by atoms with Crippen molar-refractivity contribution in [3.05, 3.63) is 48.5 Å². The van der Waals surface area contributed by atoms with E-state index in [1.807, 2.05) is 24.3 Å². The Balaban J connectivity index is 0.000000192. The normalized spacial score (nSPS) is 11.5. The Morgan fingerprint density at radius 3 is 2.00 bits per heavy atom. The van der Waals surface area contributed by atoms with Gasteiger partial charge in [0.15, 0.2) is 0 Å². The Bertz CT molecular complexity index is 565. The molecule has 0 unspecified atom stereocenters. The Hall–Kier alpha value is -1.42. The first-order chi connectivity index (χ1) is 10.6. The van der Waals surface area contributed by atoms with Gasteiger partial charge >= 0.3 is 104 Å². The molecular weight excluding hydrogens is 368 g/mol. The van der Waals surface area contributed by atoms with Crippen LogP contribution in [-0.2, 0) is 9.32 Å². The topological polar surface area (TPSA) is 102 Å². The zero-order valence-corrected chi connectivity index (χ0v) is 14.2. The van der Waals surface area contributed by atoms with Crippen LogP contribution in [0.4, 0.5) is 0 Å². The molecule has 0 saturated carbocycles. The molecule has 1 aliphatic rings. The van der Waals surface area contributed by atoms with E-state index in [0.29, 0.717) is 0 Å². The zero-order chi connectivity index (χ0) is 15.9. The molecule has 115 valence electrons. The molecule has 0 saturated heterocycles. The third-order valence-corrected chi connectivity index (χ3v) is 5.47. The van der Waals surface area contributed by atoms with Crippen molar-refractivity contribution in [1.82, 2.24) is 0 Å². The molecule has 2 aromatic rings. The number of hydrogen-bond acceptors (Lipinski definition) is 6. The van der Waals surface area contributed by atoms with Gasteiger partial charge in [-0.25, -0.2) is 0 Å². The van der Waals surface area contributed by atoms with E-state index in [0.717, 1.165) is 11.5 Å². The van der Waals surface area contributed by atoms with Crippen LogP contribution in [0.3, 0.4) is 0 Å². The SMILES string of the molecule is NCC(=O)OP(O)O.c1ccc2c(c1)Oc1ccccc1[As]2. The summed E-state index contributed by atoms with van der Waals surface area (Å²) in [5.74, 6) is 1.25. The predicted molar refractivity (Wildman–Crippen MR) is 84.5 cm³/mol. The number of carbonyl (C=O) groups excluding carboxylic acids is 1. The number of ether oxygens (including phenoxy) is 1. The second kappa shape index (κ2) is 8.27. The quantitative estimate of drug-likeness (QED) is 0.431. The first-order valence-electron chi connectivity index (χ1n) is 6.26. The van der Waals surface area contributed by atoms with Crippen LogP contribution in [0.25, 0.3) is 0 Å². The summed E-state index contributed by atoms with van der Waals surface area (Å²) in [5.41, 5.74) is 4.73. The van der Waals surface area contributed by atoms with Crippen LogP contribution in [-0.4, -0.2) is 38.1 Å². The summed E-state index contributed by atoms with van der Waals surface area (Å²) in [6.45, 7) is -0.333. The number of hydrogen-bond donors (Lipinski definition) is 3. The van der Waals surface area contributed by atoms with E-state index in [1.165, 1.54) is 8.70 Å². The second-order valence-electron chi connectivity index (χ2n) is 4.07. The van der Waals surface area contributed by atoms with Crippen molar-refractivity contribution in [3.63, 3.8) is 0 Å². The fourth-order valence-corrected chi connectivity index (χ4v) is 4.09. The van der Waals surface area contributed by atoms with Gasteiger partial charge in [-0.15, -0.1) is 0 Å². The Morgan fingerprint density at radius 1 is 1.09 bits per heavy atom. The molecule has 0 aromatic heterocycles. The molecule has 1 heterocycles. The molecule has 22 heavy (non-hydrogen) atoms. The van der Waals surface area contributed by atoms with Gasteiger partial charge in [-0.2, -0.15) is 0 Å². The standard InChI is InChI=1S/C12H8AsO.C2H6NO4P/c1-3-7-11-9(5-1)13-10-6-2-4-8-12(10)14-11;3-1-2(4)7-8(5)6/h1-8H;5-6H,1,3H2. The summed E-state index contributed by atoms with van der Waals surface area (Å²) >= 11 is 0.102. The average Bonchev–Trinajstić information content (AvgIpc) is 2.52. The van der Waals surface area contributed by atoms with Gasteiger partial charge < -0.3 is 20.0 Å². The van der Waals surface area contributed by atoms with Crippen LogP contribution in [0, 0.1) is 0 Å². The fourth-order valence-electron chi connectivity index (χ4n) is 1.65. The van der Waals surface area contributed by atoms with E-state index in [4.69, 9.17) is 20.3 Å². The van der Waals surface area contributed by atoms with Crippen LogP contribution in [0.2, 0.25) is 0 Å². The molecule has 0 spiro atoms. The van der Waals surface area contributed by atoms with Crippen molar-refractivity contribution < 1.29 is 23.8 Å². The summed E-state index contributed by atoms with van der Waals surface area (Å²) in [5, 5.41) is 0. The minimum atomic E-state index is -2.58. The van der Waals surface area contributed by atoms with Crippen LogP contribution >= 0.6 is 8.60 Å². The van der Waals surface area contributed by atoms with Gasteiger partial charge in [-0.05, 0) is 0 Å². The first-order valence-corrected chi connectivity index (χ1v) is 9.30. The molecule has 1 aliphatic heterocycles. The van der Waals surface area contributed by atoms with E-state index in [9.17, 15) is 4.79 Å². The predicted octanol–water partition coefficient (Wildman–Crippen LogP) is 0.147. The van der Waals surface area contributed by atoms with Gasteiger partial charge in [0, 0.05) is 0 Å². The molecule has 8 heteroatoms. The van der Waals surface area contributed by atoms with Crippen molar-refractivity contribution in [3.8, 4) is 11.5 Å². The molecule has 1 radical (unpaired) electrons. The molecule has 0 aliphatic carbocycles. The number of benzene rings is 2. The van der Waals surface area contributed by atoms with Crippen molar-refractivity contribution in [2.45, 2.75) is 0 Å². The van der Waals surface area contributed by atoms with E-state index in [2.05, 4.69) is 28.8 Å². The molecular formula is C14H14AsNO5P. The third-order valence-electron chi connectivity index (χ3n) is 2.54. The molecule has 0 bridgehead atoms. The van der Waals surface area contributed by atoms with E-state index >= 15 is 0 Å². The molecule has 0 amide bonds. The summed E-state index contributed by atoms with van der Waals surface area (Å²) in [4.78, 5) is 25.9. The van der Waals surface area contributed by atoms with Crippen molar-refractivity contribution in [2.24, 2.45) is 5.73 Å². The van der Waals surface area contributed by atoms with E-state index in [-0.39, 0.29) is 22.3 Å². The third kappa shape index (κ3) is 4.80. The second-order valence-corrected chi connectivity index (χ2v) is 7.25. The maximum atomic E-state index is 9.97. The van der Waals surface area contributed by atoms with Crippen molar-refractivity contribution in [1.29, 1.82) is 0 Å². The van der Waals surface area contributed by atoms with Gasteiger partial charge in [0.25, 0.3) is 0 Å². The van der Waals surface area contributed by atoms with Crippen molar-refractivity contribution in [2.75, 3.05) is 6.54 Å². The monoisotopic (exact) mass is 382 g/mol. The summed E-state index contributed by atoms with van der Waals surface area (Å²) in [6.07, 6.45) is 0. The van der Waals surface area contributed by atoms with Crippen LogP contribution in [0.15, 0.2) is 48.5 Å². The zero-order valence-electron chi connectivity index (χ0n) is 11.4. The van der Waals surface area contributed by atoms with Crippen LogP contribution in [0.1, 0.15) is 0 Å². The van der Waals surface area contributed by atoms with Gasteiger partial charge in [0.1, 0.15) is 0 Å². The summed E-state index contributed by atoms with van der Waals surface area (Å²) < 4.78 is 12.3. The summed E-state index contributed by atoms with van der Waals surface area (Å²) in [7, 11) is -2.58. The summed E-state index contributed by atoms with van der Waals surface area (Å²) in [6, 6.07) is 16.6. The Morgan fingerprint density at radius 2 is 1.59 bits per heavy atom. The molecule has 0 fully saturated rings. The molecule has 0 atom stereocenters. The van der Waals surface area contributed by atoms with E-state index < -0.39 is 14.6 Å². The fraction of sp³-hybridized carbons (Fsp3) is 0.0714. The Kier molecular flexibility index (Phi) is 6.37. The number of fused-ring (bicyclic) bond motifs is 2. The van der Waals surface area contributed by atoms with Gasteiger partial charge in [-0.3, -0.25) is 4.79 Å². The average molecular weight is 382 g/mol. The molecule has 4 N–H and O–H groups in total. The number of nitrogens with two attached hydrogens (primary N) is 1. The van der Waals surface area contributed by atoms with Crippen molar-refractivity contribution >= 4 is 39.0 Å². The van der Waals surface area contributed by atoms with E-state index in [1.54, 1.807) is 0 Å². The molecule has 6 nitrogen and oxygen atoms in total. The maximum absolute atomic E-state index is 9.97. The molecule has 2 aromatic carbocycles. The minimum absolute atomic E-state index is 0.102.